The van der Waals surface area contributed by atoms with E-state index in [4.69, 9.17) is 9.47 Å². The Bertz CT molecular complexity index is 789. The van der Waals surface area contributed by atoms with Crippen molar-refractivity contribution >= 4 is 17.8 Å². The summed E-state index contributed by atoms with van der Waals surface area (Å²) >= 11 is 0. The maximum absolute atomic E-state index is 12.0. The molecule has 8 heteroatoms. The van der Waals surface area contributed by atoms with Crippen molar-refractivity contribution in [1.82, 2.24) is 5.43 Å². The zero-order chi connectivity index (χ0) is 16.9. The lowest BCUT2D eigenvalue weighted by Gasteiger charge is -2.24. The van der Waals surface area contributed by atoms with E-state index < -0.39 is 16.9 Å². The molecular formula is C16H13N3O5. The molecular weight excluding hydrogens is 314 g/mol. The van der Waals surface area contributed by atoms with Gasteiger partial charge in [-0.05, 0) is 29.8 Å². The van der Waals surface area contributed by atoms with Gasteiger partial charge >= 0.3 is 0 Å². The van der Waals surface area contributed by atoms with E-state index in [0.29, 0.717) is 17.1 Å². The summed E-state index contributed by atoms with van der Waals surface area (Å²) in [6.07, 6.45) is 0.591. The van der Waals surface area contributed by atoms with Crippen LogP contribution in [0.15, 0.2) is 53.6 Å². The number of benzene rings is 2. The van der Waals surface area contributed by atoms with Crippen LogP contribution in [0.4, 0.5) is 5.69 Å². The summed E-state index contributed by atoms with van der Waals surface area (Å²) in [6, 6.07) is 12.9. The Balaban J connectivity index is 1.57. The summed E-state index contributed by atoms with van der Waals surface area (Å²) in [5.74, 6) is 0.654. The molecule has 0 aliphatic carbocycles. The van der Waals surface area contributed by atoms with Gasteiger partial charge < -0.3 is 9.47 Å². The molecule has 0 saturated heterocycles. The topological polar surface area (TPSA) is 103 Å². The maximum atomic E-state index is 12.0. The molecule has 1 heterocycles. The number of nitro groups is 1. The fraction of sp³-hybridized carbons (Fsp3) is 0.125. The number of carbonyl (C=O) groups excluding carboxylic acids is 1. The summed E-state index contributed by atoms with van der Waals surface area (Å²) in [4.78, 5) is 22.1. The molecule has 0 fully saturated rings. The predicted molar refractivity (Wildman–Crippen MR) is 85.2 cm³/mol. The number of carbonyl (C=O) groups is 1. The van der Waals surface area contributed by atoms with Gasteiger partial charge in [-0.1, -0.05) is 12.1 Å². The number of amides is 1. The molecule has 1 amide bonds. The molecule has 0 spiro atoms. The molecule has 8 nitrogen and oxygen atoms in total. The van der Waals surface area contributed by atoms with E-state index >= 15 is 0 Å². The Kier molecular flexibility index (Phi) is 4.37. The fourth-order valence-electron chi connectivity index (χ4n) is 2.07. The van der Waals surface area contributed by atoms with Crippen LogP contribution < -0.4 is 14.9 Å². The van der Waals surface area contributed by atoms with Crippen molar-refractivity contribution in [2.45, 2.75) is 6.10 Å². The highest BCUT2D eigenvalue weighted by Gasteiger charge is 2.26. The van der Waals surface area contributed by atoms with Crippen molar-refractivity contribution in [3.05, 3.63) is 64.2 Å². The highest BCUT2D eigenvalue weighted by molar-refractivity contribution is 5.85. The van der Waals surface area contributed by atoms with Crippen LogP contribution in [-0.4, -0.2) is 29.8 Å². The van der Waals surface area contributed by atoms with E-state index in [-0.39, 0.29) is 12.3 Å². The Labute approximate surface area is 136 Å². The molecule has 1 aliphatic heterocycles. The monoisotopic (exact) mass is 327 g/mol. The molecule has 0 saturated carbocycles. The molecule has 0 radical (unpaired) electrons. The summed E-state index contributed by atoms with van der Waals surface area (Å²) in [6.45, 7) is 0.0932. The van der Waals surface area contributed by atoms with Crippen LogP contribution in [0.3, 0.4) is 0 Å². The number of hydrogen-bond donors (Lipinski definition) is 1. The number of hydrazone groups is 1. The van der Waals surface area contributed by atoms with Gasteiger partial charge in [0.25, 0.3) is 11.6 Å². The quantitative estimate of drug-likeness (QED) is 0.525. The molecule has 1 N–H and O–H groups in total. The second-order valence-corrected chi connectivity index (χ2v) is 4.95. The minimum Gasteiger partial charge on any atom is -0.485 e. The van der Waals surface area contributed by atoms with Crippen molar-refractivity contribution in [3.63, 3.8) is 0 Å². The normalized spacial score (nSPS) is 15.9. The average molecular weight is 327 g/mol. The number of para-hydroxylation sites is 2. The number of ether oxygens (including phenoxy) is 2. The van der Waals surface area contributed by atoms with Crippen LogP contribution in [-0.2, 0) is 4.79 Å². The van der Waals surface area contributed by atoms with Gasteiger partial charge in [0.1, 0.15) is 6.61 Å². The number of nitro benzene ring substituents is 1. The van der Waals surface area contributed by atoms with Gasteiger partial charge in [-0.25, -0.2) is 5.43 Å². The van der Waals surface area contributed by atoms with Crippen LogP contribution in [0.25, 0.3) is 0 Å². The smallest absolute Gasteiger partial charge is 0.284 e. The zero-order valence-electron chi connectivity index (χ0n) is 12.4. The Morgan fingerprint density at radius 1 is 1.21 bits per heavy atom. The molecule has 3 rings (SSSR count). The van der Waals surface area contributed by atoms with Crippen molar-refractivity contribution in [2.24, 2.45) is 5.10 Å². The molecule has 1 aliphatic rings. The van der Waals surface area contributed by atoms with E-state index in [2.05, 4.69) is 10.5 Å². The minimum absolute atomic E-state index is 0.0115. The number of rotatable bonds is 4. The molecule has 24 heavy (non-hydrogen) atoms. The summed E-state index contributed by atoms with van der Waals surface area (Å²) < 4.78 is 11.0. The first-order chi connectivity index (χ1) is 11.6. The first kappa shape index (κ1) is 15.5. The highest BCUT2D eigenvalue weighted by atomic mass is 16.6. The largest absolute Gasteiger partial charge is 0.485 e. The Morgan fingerprint density at radius 3 is 2.62 bits per heavy atom. The highest BCUT2D eigenvalue weighted by Crippen LogP contribution is 2.30. The SMILES string of the molecule is O=C(NN=Cc1ccc([N+](=O)[O-])cc1)C1COc2ccccc2O1. The second-order valence-electron chi connectivity index (χ2n) is 4.95. The van der Waals surface area contributed by atoms with Crippen LogP contribution >= 0.6 is 0 Å². The molecule has 1 atom stereocenters. The minimum atomic E-state index is -0.797. The first-order valence-corrected chi connectivity index (χ1v) is 7.09. The van der Waals surface area contributed by atoms with Crippen LogP contribution in [0.5, 0.6) is 11.5 Å². The number of fused-ring (bicyclic) bond motifs is 1. The third-order valence-electron chi connectivity index (χ3n) is 3.29. The van der Waals surface area contributed by atoms with Gasteiger partial charge in [0, 0.05) is 12.1 Å². The van der Waals surface area contributed by atoms with Gasteiger partial charge in [-0.3, -0.25) is 14.9 Å². The lowest BCUT2D eigenvalue weighted by Crippen LogP contribution is -2.42. The van der Waals surface area contributed by atoms with E-state index in [1.807, 2.05) is 6.07 Å². The van der Waals surface area contributed by atoms with E-state index in [0.717, 1.165) is 0 Å². The van der Waals surface area contributed by atoms with Crippen LogP contribution in [0.1, 0.15) is 5.56 Å². The van der Waals surface area contributed by atoms with Gasteiger partial charge in [-0.2, -0.15) is 5.10 Å². The summed E-state index contributed by atoms with van der Waals surface area (Å²) in [5, 5.41) is 14.4. The van der Waals surface area contributed by atoms with Crippen molar-refractivity contribution in [1.29, 1.82) is 0 Å². The van der Waals surface area contributed by atoms with Gasteiger partial charge in [0.05, 0.1) is 11.1 Å². The molecule has 122 valence electrons. The molecule has 0 bridgehead atoms. The third-order valence-corrected chi connectivity index (χ3v) is 3.29. The van der Waals surface area contributed by atoms with Gasteiger partial charge in [-0.15, -0.1) is 0 Å². The summed E-state index contributed by atoms with van der Waals surface area (Å²) in [5.41, 5.74) is 2.97. The standard InChI is InChI=1S/C16H13N3O5/c20-16(15-10-23-13-3-1-2-4-14(13)24-15)18-17-9-11-5-7-12(8-6-11)19(21)22/h1-9,15H,10H2,(H,18,20). The fourth-order valence-corrected chi connectivity index (χ4v) is 2.07. The number of hydrogen-bond acceptors (Lipinski definition) is 6. The molecule has 0 aromatic heterocycles. The average Bonchev–Trinajstić information content (AvgIpc) is 2.61. The lowest BCUT2D eigenvalue weighted by molar-refractivity contribution is -0.384. The summed E-state index contributed by atoms with van der Waals surface area (Å²) in [7, 11) is 0. The third kappa shape index (κ3) is 3.49. The number of nitrogens with zero attached hydrogens (tertiary/aromatic N) is 2. The maximum Gasteiger partial charge on any atom is 0.284 e. The molecule has 2 aromatic rings. The van der Waals surface area contributed by atoms with Crippen LogP contribution in [0.2, 0.25) is 0 Å². The van der Waals surface area contributed by atoms with Crippen molar-refractivity contribution in [3.8, 4) is 11.5 Å². The lowest BCUT2D eigenvalue weighted by atomic mass is 10.2. The van der Waals surface area contributed by atoms with Crippen LogP contribution in [0, 0.1) is 10.1 Å². The van der Waals surface area contributed by atoms with E-state index in [1.54, 1.807) is 18.2 Å². The van der Waals surface area contributed by atoms with Crippen molar-refractivity contribution < 1.29 is 19.2 Å². The predicted octanol–water partition coefficient (Wildman–Crippen LogP) is 1.88. The Morgan fingerprint density at radius 2 is 1.92 bits per heavy atom. The Hall–Kier alpha value is -3.42. The van der Waals surface area contributed by atoms with Crippen molar-refractivity contribution in [2.75, 3.05) is 6.61 Å². The molecule has 2 aromatic carbocycles. The van der Waals surface area contributed by atoms with E-state index in [9.17, 15) is 14.9 Å². The van der Waals surface area contributed by atoms with E-state index in [1.165, 1.54) is 30.5 Å². The van der Waals surface area contributed by atoms with Gasteiger partial charge in [0.15, 0.2) is 11.5 Å². The zero-order valence-corrected chi connectivity index (χ0v) is 12.4. The van der Waals surface area contributed by atoms with Gasteiger partial charge in [0.2, 0.25) is 6.10 Å². The molecule has 1 unspecified atom stereocenters. The first-order valence-electron chi connectivity index (χ1n) is 7.09. The number of non-ortho nitro benzene ring substituents is 1. The second kappa shape index (κ2) is 6.78. The number of nitrogens with one attached hydrogen (secondary N) is 1.